The summed E-state index contributed by atoms with van der Waals surface area (Å²) in [7, 11) is 0. The van der Waals surface area contributed by atoms with Crippen molar-refractivity contribution in [1.29, 1.82) is 0 Å². The van der Waals surface area contributed by atoms with Crippen LogP contribution in [0.2, 0.25) is 0 Å². The fourth-order valence-corrected chi connectivity index (χ4v) is 2.14. The summed E-state index contributed by atoms with van der Waals surface area (Å²) in [6, 6.07) is 13.6. The van der Waals surface area contributed by atoms with Crippen molar-refractivity contribution in [3.05, 3.63) is 59.2 Å². The summed E-state index contributed by atoms with van der Waals surface area (Å²) in [4.78, 5) is 0. The first-order valence-corrected chi connectivity index (χ1v) is 6.03. The molecule has 0 spiro atoms. The molecule has 0 unspecified atom stereocenters. The van der Waals surface area contributed by atoms with Crippen LogP contribution in [-0.4, -0.2) is 5.11 Å². The number of aromatic hydroxyl groups is 1. The third-order valence-electron chi connectivity index (χ3n) is 3.20. The maximum absolute atomic E-state index is 9.68. The third kappa shape index (κ3) is 2.17. The number of nitrogens with one attached hydrogen (secondary N) is 1. The fourth-order valence-electron chi connectivity index (χ4n) is 2.14. The Bertz CT molecular complexity index is 566. The summed E-state index contributed by atoms with van der Waals surface area (Å²) in [6.45, 7) is 2.03. The van der Waals surface area contributed by atoms with E-state index in [0.717, 1.165) is 17.9 Å². The number of benzene rings is 2. The van der Waals surface area contributed by atoms with Gasteiger partial charge < -0.3 is 15.2 Å². The van der Waals surface area contributed by atoms with Crippen LogP contribution in [0.3, 0.4) is 0 Å². The van der Waals surface area contributed by atoms with E-state index < -0.39 is 0 Å². The van der Waals surface area contributed by atoms with E-state index in [2.05, 4.69) is 17.4 Å². The van der Waals surface area contributed by atoms with Crippen LogP contribution in [0.4, 0.5) is 5.69 Å². The van der Waals surface area contributed by atoms with Gasteiger partial charge in [0.15, 0.2) is 0 Å². The smallest absolute Gasteiger partial charge is 0.120 e. The van der Waals surface area contributed by atoms with Crippen LogP contribution in [-0.2, 0) is 24.5 Å². The number of ether oxygens (including phenoxy) is 1. The molecule has 0 saturated heterocycles. The van der Waals surface area contributed by atoms with Gasteiger partial charge in [-0.25, -0.2) is 0 Å². The van der Waals surface area contributed by atoms with Crippen molar-refractivity contribution in [2.75, 3.05) is 5.32 Å². The number of fused-ring (bicyclic) bond motifs is 1. The molecule has 0 radical (unpaired) electrons. The van der Waals surface area contributed by atoms with Crippen LogP contribution in [0.1, 0.15) is 16.7 Å². The highest BCUT2D eigenvalue weighted by Gasteiger charge is 2.11. The van der Waals surface area contributed by atoms with Crippen LogP contribution in [0, 0.1) is 0 Å². The lowest BCUT2D eigenvalue weighted by Crippen LogP contribution is -2.00. The summed E-state index contributed by atoms with van der Waals surface area (Å²) in [5, 5.41) is 13.0. The monoisotopic (exact) mass is 241 g/mol. The van der Waals surface area contributed by atoms with E-state index in [9.17, 15) is 5.11 Å². The quantitative estimate of drug-likeness (QED) is 0.867. The average Bonchev–Trinajstić information content (AvgIpc) is 2.85. The molecule has 2 aromatic carbocycles. The minimum Gasteiger partial charge on any atom is -0.508 e. The Morgan fingerprint density at radius 3 is 2.78 bits per heavy atom. The molecule has 3 rings (SSSR count). The summed E-state index contributed by atoms with van der Waals surface area (Å²) >= 11 is 0. The Labute approximate surface area is 106 Å². The summed E-state index contributed by atoms with van der Waals surface area (Å²) in [5.41, 5.74) is 4.47. The molecule has 1 aliphatic rings. The molecule has 0 aliphatic carbocycles. The first-order chi connectivity index (χ1) is 8.83. The molecular weight excluding hydrogens is 226 g/mol. The van der Waals surface area contributed by atoms with E-state index in [-0.39, 0.29) is 0 Å². The van der Waals surface area contributed by atoms with Gasteiger partial charge in [0.1, 0.15) is 5.75 Å². The molecule has 0 aromatic heterocycles. The molecule has 1 aliphatic heterocycles. The normalized spacial score (nSPS) is 13.3. The Balaban J connectivity index is 1.72. The third-order valence-corrected chi connectivity index (χ3v) is 3.20. The van der Waals surface area contributed by atoms with Gasteiger partial charge in [-0.2, -0.15) is 0 Å². The highest BCUT2D eigenvalue weighted by Crippen LogP contribution is 2.24. The number of para-hydroxylation sites is 1. The molecule has 3 nitrogen and oxygen atoms in total. The second-order valence-corrected chi connectivity index (χ2v) is 4.46. The van der Waals surface area contributed by atoms with Crippen molar-refractivity contribution >= 4 is 5.69 Å². The predicted molar refractivity (Wildman–Crippen MR) is 70.4 cm³/mol. The highest BCUT2D eigenvalue weighted by atomic mass is 16.5. The van der Waals surface area contributed by atoms with Gasteiger partial charge in [0.25, 0.3) is 0 Å². The molecule has 0 atom stereocenters. The molecule has 18 heavy (non-hydrogen) atoms. The van der Waals surface area contributed by atoms with Crippen molar-refractivity contribution < 1.29 is 9.84 Å². The molecule has 92 valence electrons. The SMILES string of the molecule is Oc1ccccc1CNc1ccc2c(c1)COC2. The minimum atomic E-state index is 0.328. The van der Waals surface area contributed by atoms with E-state index in [0.29, 0.717) is 18.9 Å². The molecule has 2 aromatic rings. The van der Waals surface area contributed by atoms with Crippen LogP contribution in [0.5, 0.6) is 5.75 Å². The number of anilines is 1. The summed E-state index contributed by atoms with van der Waals surface area (Å²) in [6.07, 6.45) is 0. The minimum absolute atomic E-state index is 0.328. The Kier molecular flexibility index (Phi) is 2.90. The number of rotatable bonds is 3. The molecule has 0 fully saturated rings. The van der Waals surface area contributed by atoms with Gasteiger partial charge in [-0.1, -0.05) is 24.3 Å². The lowest BCUT2D eigenvalue weighted by Gasteiger charge is -2.09. The molecule has 0 bridgehead atoms. The van der Waals surface area contributed by atoms with Crippen molar-refractivity contribution in [2.24, 2.45) is 0 Å². The van der Waals surface area contributed by atoms with E-state index in [1.165, 1.54) is 11.1 Å². The van der Waals surface area contributed by atoms with Crippen LogP contribution >= 0.6 is 0 Å². The number of hydrogen-bond acceptors (Lipinski definition) is 3. The van der Waals surface area contributed by atoms with Gasteiger partial charge in [-0.3, -0.25) is 0 Å². The van der Waals surface area contributed by atoms with Gasteiger partial charge >= 0.3 is 0 Å². The number of phenolic OH excluding ortho intramolecular Hbond substituents is 1. The number of phenols is 1. The fraction of sp³-hybridized carbons (Fsp3) is 0.200. The maximum Gasteiger partial charge on any atom is 0.120 e. The highest BCUT2D eigenvalue weighted by molar-refractivity contribution is 5.50. The Morgan fingerprint density at radius 1 is 1.06 bits per heavy atom. The maximum atomic E-state index is 9.68. The van der Waals surface area contributed by atoms with Gasteiger partial charge in [0.05, 0.1) is 13.2 Å². The van der Waals surface area contributed by atoms with Crippen LogP contribution in [0.25, 0.3) is 0 Å². The van der Waals surface area contributed by atoms with Crippen molar-refractivity contribution in [3.63, 3.8) is 0 Å². The molecule has 0 saturated carbocycles. The topological polar surface area (TPSA) is 41.5 Å². The Morgan fingerprint density at radius 2 is 1.89 bits per heavy atom. The first kappa shape index (κ1) is 11.1. The zero-order valence-corrected chi connectivity index (χ0v) is 10.0. The predicted octanol–water partition coefficient (Wildman–Crippen LogP) is 3.03. The zero-order chi connectivity index (χ0) is 12.4. The summed E-state index contributed by atoms with van der Waals surface area (Å²) in [5.74, 6) is 0.328. The average molecular weight is 241 g/mol. The van der Waals surface area contributed by atoms with Crippen LogP contribution < -0.4 is 5.32 Å². The Hall–Kier alpha value is -2.00. The van der Waals surface area contributed by atoms with Crippen LogP contribution in [0.15, 0.2) is 42.5 Å². The van der Waals surface area contributed by atoms with Gasteiger partial charge in [-0.05, 0) is 29.3 Å². The van der Waals surface area contributed by atoms with E-state index in [1.54, 1.807) is 6.07 Å². The van der Waals surface area contributed by atoms with Gasteiger partial charge in [-0.15, -0.1) is 0 Å². The van der Waals surface area contributed by atoms with Gasteiger partial charge in [0, 0.05) is 17.8 Å². The van der Waals surface area contributed by atoms with Crippen molar-refractivity contribution in [2.45, 2.75) is 19.8 Å². The number of hydrogen-bond donors (Lipinski definition) is 2. The molecule has 3 heteroatoms. The summed E-state index contributed by atoms with van der Waals surface area (Å²) < 4.78 is 5.38. The van der Waals surface area contributed by atoms with Crippen molar-refractivity contribution in [1.82, 2.24) is 0 Å². The van der Waals surface area contributed by atoms with Gasteiger partial charge in [0.2, 0.25) is 0 Å². The second-order valence-electron chi connectivity index (χ2n) is 4.46. The molecule has 1 heterocycles. The van der Waals surface area contributed by atoms with E-state index in [4.69, 9.17) is 4.74 Å². The largest absolute Gasteiger partial charge is 0.508 e. The molecule has 0 amide bonds. The first-order valence-electron chi connectivity index (χ1n) is 6.03. The lowest BCUT2D eigenvalue weighted by atomic mass is 10.1. The van der Waals surface area contributed by atoms with Crippen molar-refractivity contribution in [3.8, 4) is 5.75 Å². The lowest BCUT2D eigenvalue weighted by molar-refractivity contribution is 0.134. The van der Waals surface area contributed by atoms with E-state index >= 15 is 0 Å². The molecule has 2 N–H and O–H groups in total. The second kappa shape index (κ2) is 4.70. The molecular formula is C15H15NO2. The standard InChI is InChI=1S/C15H15NO2/c17-15-4-2-1-3-11(15)8-16-14-6-5-12-9-18-10-13(12)7-14/h1-7,16-17H,8-10H2. The zero-order valence-electron chi connectivity index (χ0n) is 10.0. The van der Waals surface area contributed by atoms with E-state index in [1.807, 2.05) is 24.3 Å².